The van der Waals surface area contributed by atoms with Gasteiger partial charge in [0.15, 0.2) is 0 Å². The number of carbonyl (C=O) groups excluding carboxylic acids is 2. The Bertz CT molecular complexity index is 975. The van der Waals surface area contributed by atoms with Gasteiger partial charge < -0.3 is 10.1 Å². The molecule has 7 nitrogen and oxygen atoms in total. The van der Waals surface area contributed by atoms with Crippen LogP contribution in [0.2, 0.25) is 5.02 Å². The quantitative estimate of drug-likeness (QED) is 0.738. The zero-order valence-corrected chi connectivity index (χ0v) is 16.6. The molecule has 0 saturated carbocycles. The van der Waals surface area contributed by atoms with Crippen LogP contribution in [0.25, 0.3) is 0 Å². The molecular weight excluding hydrogens is 392 g/mol. The average molecular weight is 411 g/mol. The highest BCUT2D eigenvalue weighted by Crippen LogP contribution is 2.26. The first-order valence-electron chi connectivity index (χ1n) is 7.96. The topological polar surface area (TPSA) is 92.8 Å². The third kappa shape index (κ3) is 4.99. The van der Waals surface area contributed by atoms with E-state index in [4.69, 9.17) is 16.3 Å². The highest BCUT2D eigenvalue weighted by Gasteiger charge is 2.19. The molecule has 1 N–H and O–H groups in total. The summed E-state index contributed by atoms with van der Waals surface area (Å²) >= 11 is 6.11. The molecule has 27 heavy (non-hydrogen) atoms. The van der Waals surface area contributed by atoms with Crippen LogP contribution in [0.5, 0.6) is 0 Å². The van der Waals surface area contributed by atoms with Crippen LogP contribution in [0.15, 0.2) is 42.5 Å². The molecule has 0 spiro atoms. The first-order chi connectivity index (χ1) is 12.6. The molecule has 0 aliphatic heterocycles. The Morgan fingerprint density at radius 3 is 2.44 bits per heavy atom. The molecule has 0 radical (unpaired) electrons. The number of benzene rings is 2. The van der Waals surface area contributed by atoms with Crippen molar-refractivity contribution in [2.24, 2.45) is 0 Å². The molecule has 0 heterocycles. The molecule has 0 bridgehead atoms. The molecule has 0 saturated heterocycles. The molecule has 0 fully saturated rings. The summed E-state index contributed by atoms with van der Waals surface area (Å²) in [6, 6.07) is 10.7. The van der Waals surface area contributed by atoms with Crippen LogP contribution in [0.1, 0.15) is 27.6 Å². The number of hydrogen-bond acceptors (Lipinski definition) is 5. The van der Waals surface area contributed by atoms with Gasteiger partial charge in [-0.3, -0.25) is 9.10 Å². The molecule has 0 aliphatic carbocycles. The van der Waals surface area contributed by atoms with Gasteiger partial charge in [0.25, 0.3) is 5.91 Å². The van der Waals surface area contributed by atoms with Gasteiger partial charge >= 0.3 is 5.97 Å². The monoisotopic (exact) mass is 410 g/mol. The Labute approximate surface area is 162 Å². The number of ether oxygens (including phenoxy) is 1. The second-order valence-electron chi connectivity index (χ2n) is 5.61. The first kappa shape index (κ1) is 20.7. The fourth-order valence-electron chi connectivity index (χ4n) is 2.24. The van der Waals surface area contributed by atoms with Crippen LogP contribution >= 0.6 is 11.6 Å². The summed E-state index contributed by atoms with van der Waals surface area (Å²) in [5, 5.41) is 2.76. The van der Waals surface area contributed by atoms with Crippen LogP contribution in [-0.2, 0) is 14.8 Å². The number of hydrogen-bond donors (Lipinski definition) is 1. The SMILES string of the molecule is CCOC(=O)c1ccccc1NC(=O)c1cc(N(C)S(C)(=O)=O)ccc1Cl. The van der Waals surface area contributed by atoms with Crippen LogP contribution in [0, 0.1) is 0 Å². The number of amides is 1. The summed E-state index contributed by atoms with van der Waals surface area (Å²) < 4.78 is 29.4. The normalized spacial score (nSPS) is 11.0. The third-order valence-corrected chi connectivity index (χ3v) is 5.26. The van der Waals surface area contributed by atoms with Crippen molar-refractivity contribution in [3.8, 4) is 0 Å². The van der Waals surface area contributed by atoms with Gasteiger partial charge in [-0.1, -0.05) is 23.7 Å². The van der Waals surface area contributed by atoms with E-state index >= 15 is 0 Å². The molecule has 0 atom stereocenters. The molecule has 1 amide bonds. The minimum absolute atomic E-state index is 0.0725. The Hall–Kier alpha value is -2.58. The van der Waals surface area contributed by atoms with E-state index in [9.17, 15) is 18.0 Å². The minimum Gasteiger partial charge on any atom is -0.462 e. The van der Waals surface area contributed by atoms with Gasteiger partial charge in [-0.05, 0) is 37.3 Å². The predicted octanol–water partition coefficient (Wildman–Crippen LogP) is 3.16. The van der Waals surface area contributed by atoms with Gasteiger partial charge in [-0.2, -0.15) is 0 Å². The minimum atomic E-state index is -3.50. The van der Waals surface area contributed by atoms with Crippen molar-refractivity contribution in [2.75, 3.05) is 29.5 Å². The maximum Gasteiger partial charge on any atom is 0.340 e. The lowest BCUT2D eigenvalue weighted by molar-refractivity contribution is 0.0527. The fourth-order valence-corrected chi connectivity index (χ4v) is 2.94. The van der Waals surface area contributed by atoms with Gasteiger partial charge in [-0.15, -0.1) is 0 Å². The number of halogens is 1. The van der Waals surface area contributed by atoms with Crippen LogP contribution in [0.4, 0.5) is 11.4 Å². The Kier molecular flexibility index (Phi) is 6.45. The zero-order valence-electron chi connectivity index (χ0n) is 15.0. The molecule has 144 valence electrons. The van der Waals surface area contributed by atoms with Gasteiger partial charge in [0.1, 0.15) is 0 Å². The standard InChI is InChI=1S/C18H19ClN2O5S/c1-4-26-18(23)13-7-5-6-8-16(13)20-17(22)14-11-12(9-10-15(14)19)21(2)27(3,24)25/h5-11H,4H2,1-3H3,(H,20,22). The van der Waals surface area contributed by atoms with Crippen molar-refractivity contribution in [3.05, 3.63) is 58.6 Å². The predicted molar refractivity (Wildman–Crippen MR) is 105 cm³/mol. The Morgan fingerprint density at radius 2 is 1.81 bits per heavy atom. The van der Waals surface area contributed by atoms with Crippen molar-refractivity contribution >= 4 is 44.9 Å². The number of carbonyl (C=O) groups is 2. The van der Waals surface area contributed by atoms with Gasteiger partial charge in [-0.25, -0.2) is 13.2 Å². The van der Waals surface area contributed by atoms with E-state index in [0.29, 0.717) is 0 Å². The lowest BCUT2D eigenvalue weighted by atomic mass is 10.1. The van der Waals surface area contributed by atoms with E-state index in [1.54, 1.807) is 25.1 Å². The summed E-state index contributed by atoms with van der Waals surface area (Å²) in [7, 11) is -2.13. The summed E-state index contributed by atoms with van der Waals surface area (Å²) in [5.41, 5.74) is 0.821. The van der Waals surface area contributed by atoms with E-state index in [-0.39, 0.29) is 34.1 Å². The molecule has 0 aliphatic rings. The molecule has 2 rings (SSSR count). The second-order valence-corrected chi connectivity index (χ2v) is 8.04. The van der Waals surface area contributed by atoms with Crippen molar-refractivity contribution in [1.29, 1.82) is 0 Å². The molecule has 2 aromatic rings. The maximum absolute atomic E-state index is 12.7. The maximum atomic E-state index is 12.7. The molecule has 9 heteroatoms. The van der Waals surface area contributed by atoms with E-state index in [2.05, 4.69) is 5.32 Å². The molecule has 0 aromatic heterocycles. The van der Waals surface area contributed by atoms with E-state index < -0.39 is 21.9 Å². The van der Waals surface area contributed by atoms with Crippen molar-refractivity contribution in [3.63, 3.8) is 0 Å². The summed E-state index contributed by atoms with van der Waals surface area (Å²) in [4.78, 5) is 24.7. The lowest BCUT2D eigenvalue weighted by Gasteiger charge is -2.18. The van der Waals surface area contributed by atoms with E-state index in [0.717, 1.165) is 10.6 Å². The van der Waals surface area contributed by atoms with Crippen molar-refractivity contribution in [1.82, 2.24) is 0 Å². The highest BCUT2D eigenvalue weighted by atomic mass is 35.5. The highest BCUT2D eigenvalue weighted by molar-refractivity contribution is 7.92. The molecule has 0 unspecified atom stereocenters. The van der Waals surface area contributed by atoms with E-state index in [1.165, 1.54) is 31.3 Å². The van der Waals surface area contributed by atoms with Crippen molar-refractivity contribution < 1.29 is 22.7 Å². The van der Waals surface area contributed by atoms with Crippen LogP contribution in [0.3, 0.4) is 0 Å². The zero-order chi connectivity index (χ0) is 20.2. The average Bonchev–Trinajstić information content (AvgIpc) is 2.61. The fraction of sp³-hybridized carbons (Fsp3) is 0.222. The van der Waals surface area contributed by atoms with Gasteiger partial charge in [0.2, 0.25) is 10.0 Å². The summed E-state index contributed by atoms with van der Waals surface area (Å²) in [5.74, 6) is -1.15. The molecule has 2 aromatic carbocycles. The number of para-hydroxylation sites is 1. The Morgan fingerprint density at radius 1 is 1.15 bits per heavy atom. The van der Waals surface area contributed by atoms with E-state index in [1.807, 2.05) is 0 Å². The number of nitrogens with zero attached hydrogens (tertiary/aromatic N) is 1. The lowest BCUT2D eigenvalue weighted by Crippen LogP contribution is -2.25. The third-order valence-electron chi connectivity index (χ3n) is 3.73. The number of anilines is 2. The number of sulfonamides is 1. The first-order valence-corrected chi connectivity index (χ1v) is 10.2. The summed E-state index contributed by atoms with van der Waals surface area (Å²) in [6.45, 7) is 1.88. The van der Waals surface area contributed by atoms with Crippen LogP contribution in [-0.4, -0.2) is 40.2 Å². The number of nitrogens with one attached hydrogen (secondary N) is 1. The second kappa shape index (κ2) is 8.41. The van der Waals surface area contributed by atoms with Crippen LogP contribution < -0.4 is 9.62 Å². The molecular formula is C18H19ClN2O5S. The largest absolute Gasteiger partial charge is 0.462 e. The Balaban J connectivity index is 2.36. The van der Waals surface area contributed by atoms with Gasteiger partial charge in [0, 0.05) is 7.05 Å². The van der Waals surface area contributed by atoms with Crippen molar-refractivity contribution in [2.45, 2.75) is 6.92 Å². The smallest absolute Gasteiger partial charge is 0.340 e. The van der Waals surface area contributed by atoms with Gasteiger partial charge in [0.05, 0.1) is 40.4 Å². The summed E-state index contributed by atoms with van der Waals surface area (Å²) in [6.07, 6.45) is 1.05. The number of rotatable bonds is 6. The number of esters is 1.